The lowest BCUT2D eigenvalue weighted by Gasteiger charge is -2.31. The van der Waals surface area contributed by atoms with Crippen LogP contribution in [0.5, 0.6) is 0 Å². The fourth-order valence-electron chi connectivity index (χ4n) is 2.59. The van der Waals surface area contributed by atoms with Crippen LogP contribution in [0, 0.1) is 5.92 Å². The van der Waals surface area contributed by atoms with Crippen LogP contribution in [0.1, 0.15) is 30.5 Å². The van der Waals surface area contributed by atoms with E-state index >= 15 is 0 Å². The average Bonchev–Trinajstić information content (AvgIpc) is 2.95. The maximum absolute atomic E-state index is 12.2. The molecule has 2 amide bonds. The van der Waals surface area contributed by atoms with Gasteiger partial charge in [0.05, 0.1) is 11.6 Å². The second-order valence-corrected chi connectivity index (χ2v) is 7.32. The zero-order valence-electron chi connectivity index (χ0n) is 13.1. The minimum absolute atomic E-state index is 0.0568. The Hall–Kier alpha value is -1.08. The lowest BCUT2D eigenvalue weighted by atomic mass is 9.97. The van der Waals surface area contributed by atoms with Gasteiger partial charge in [-0.3, -0.25) is 9.59 Å². The highest BCUT2D eigenvalue weighted by molar-refractivity contribution is 7.97. The van der Waals surface area contributed by atoms with Crippen LogP contribution >= 0.6 is 23.1 Å². The number of aromatic nitrogens is 1. The van der Waals surface area contributed by atoms with Crippen LogP contribution in [0.4, 0.5) is 0 Å². The number of carbonyl (C=O) groups excluding carboxylic acids is 2. The van der Waals surface area contributed by atoms with Crippen LogP contribution in [0.2, 0.25) is 0 Å². The van der Waals surface area contributed by atoms with Crippen molar-refractivity contribution >= 4 is 34.9 Å². The third-order valence-corrected chi connectivity index (χ3v) is 5.43. The van der Waals surface area contributed by atoms with Gasteiger partial charge in [0.25, 0.3) is 0 Å². The van der Waals surface area contributed by atoms with Crippen molar-refractivity contribution in [3.63, 3.8) is 0 Å². The quantitative estimate of drug-likeness (QED) is 0.859. The molecule has 1 aromatic heterocycles. The topological polar surface area (TPSA) is 62.3 Å². The summed E-state index contributed by atoms with van der Waals surface area (Å²) in [5.74, 6) is 0.993. The molecular formula is C15H23N3O2S2. The van der Waals surface area contributed by atoms with Crippen molar-refractivity contribution in [2.24, 2.45) is 5.92 Å². The predicted octanol–water partition coefficient (Wildman–Crippen LogP) is 1.92. The number of thiazole rings is 1. The van der Waals surface area contributed by atoms with E-state index in [1.165, 1.54) is 0 Å². The molecule has 1 N–H and O–H groups in total. The Balaban J connectivity index is 1.73. The Morgan fingerprint density at radius 2 is 2.36 bits per heavy atom. The molecule has 1 aliphatic heterocycles. The summed E-state index contributed by atoms with van der Waals surface area (Å²) >= 11 is 3.44. The summed E-state index contributed by atoms with van der Waals surface area (Å²) in [5.41, 5.74) is 1.04. The number of hydrogen-bond acceptors (Lipinski definition) is 5. The first-order valence-electron chi connectivity index (χ1n) is 7.55. The minimum atomic E-state index is -0.0693. The SMILES string of the molecule is CSCc1nc(CCNC(=O)[C@@H]2CCCN(C(C)=O)C2)cs1. The molecule has 0 spiro atoms. The summed E-state index contributed by atoms with van der Waals surface area (Å²) in [6, 6.07) is 0. The Morgan fingerprint density at radius 1 is 1.55 bits per heavy atom. The minimum Gasteiger partial charge on any atom is -0.355 e. The van der Waals surface area contributed by atoms with Crippen molar-refractivity contribution in [3.05, 3.63) is 16.1 Å². The van der Waals surface area contributed by atoms with Crippen molar-refractivity contribution < 1.29 is 9.59 Å². The molecule has 0 aliphatic carbocycles. The highest BCUT2D eigenvalue weighted by Gasteiger charge is 2.26. The van der Waals surface area contributed by atoms with Crippen molar-refractivity contribution in [1.29, 1.82) is 0 Å². The van der Waals surface area contributed by atoms with E-state index in [1.807, 2.05) is 0 Å². The van der Waals surface area contributed by atoms with Crippen LogP contribution in [0.15, 0.2) is 5.38 Å². The summed E-state index contributed by atoms with van der Waals surface area (Å²) in [6.07, 6.45) is 4.60. The summed E-state index contributed by atoms with van der Waals surface area (Å²) in [4.78, 5) is 29.9. The van der Waals surface area contributed by atoms with Gasteiger partial charge in [-0.2, -0.15) is 11.8 Å². The number of amides is 2. The van der Waals surface area contributed by atoms with Gasteiger partial charge in [-0.1, -0.05) is 0 Å². The second kappa shape index (κ2) is 8.53. The molecule has 0 bridgehead atoms. The molecule has 2 rings (SSSR count). The molecule has 7 heteroatoms. The van der Waals surface area contributed by atoms with E-state index in [-0.39, 0.29) is 17.7 Å². The highest BCUT2D eigenvalue weighted by Crippen LogP contribution is 2.17. The lowest BCUT2D eigenvalue weighted by molar-refractivity contribution is -0.133. The van der Waals surface area contributed by atoms with Crippen LogP contribution in [0.3, 0.4) is 0 Å². The van der Waals surface area contributed by atoms with E-state index in [4.69, 9.17) is 0 Å². The number of hydrogen-bond donors (Lipinski definition) is 1. The molecule has 1 fully saturated rings. The summed E-state index contributed by atoms with van der Waals surface area (Å²) in [6.45, 7) is 3.50. The van der Waals surface area contributed by atoms with E-state index in [0.717, 1.165) is 42.3 Å². The largest absolute Gasteiger partial charge is 0.355 e. The fourth-order valence-corrected chi connectivity index (χ4v) is 4.14. The standard InChI is InChI=1S/C15H23N3O2S2/c1-11(19)18-7-3-4-12(8-18)15(20)16-6-5-13-9-22-14(17-13)10-21-2/h9,12H,3-8,10H2,1-2H3,(H,16,20)/t12-/m1/s1. The molecule has 1 saturated heterocycles. The number of thioether (sulfide) groups is 1. The molecule has 5 nitrogen and oxygen atoms in total. The van der Waals surface area contributed by atoms with Crippen molar-refractivity contribution in [2.75, 3.05) is 25.9 Å². The third-order valence-electron chi connectivity index (χ3n) is 3.79. The molecule has 1 aliphatic rings. The van der Waals surface area contributed by atoms with E-state index in [1.54, 1.807) is 34.9 Å². The Bertz CT molecular complexity index is 519. The molecule has 0 saturated carbocycles. The number of likely N-dealkylation sites (tertiary alicyclic amines) is 1. The average molecular weight is 342 g/mol. The maximum atomic E-state index is 12.2. The first kappa shape index (κ1) is 17.3. The number of carbonyl (C=O) groups is 2. The molecule has 1 atom stereocenters. The van der Waals surface area contributed by atoms with Gasteiger partial charge in [0.2, 0.25) is 11.8 Å². The molecule has 0 aromatic carbocycles. The summed E-state index contributed by atoms with van der Waals surface area (Å²) in [5, 5.41) is 6.19. The first-order valence-corrected chi connectivity index (χ1v) is 9.83. The molecule has 2 heterocycles. The normalized spacial score (nSPS) is 18.3. The van der Waals surface area contributed by atoms with Crippen LogP contribution in [-0.2, 0) is 21.8 Å². The second-order valence-electron chi connectivity index (χ2n) is 5.51. The van der Waals surface area contributed by atoms with E-state index in [2.05, 4.69) is 21.9 Å². The van der Waals surface area contributed by atoms with E-state index in [9.17, 15) is 9.59 Å². The van der Waals surface area contributed by atoms with Gasteiger partial charge in [0.15, 0.2) is 0 Å². The fraction of sp³-hybridized carbons (Fsp3) is 0.667. The molecular weight excluding hydrogens is 318 g/mol. The molecule has 0 unspecified atom stereocenters. The van der Waals surface area contributed by atoms with Crippen LogP contribution in [0.25, 0.3) is 0 Å². The van der Waals surface area contributed by atoms with Gasteiger partial charge < -0.3 is 10.2 Å². The number of rotatable bonds is 6. The molecule has 1 aromatic rings. The van der Waals surface area contributed by atoms with Gasteiger partial charge in [0, 0.05) is 44.1 Å². The summed E-state index contributed by atoms with van der Waals surface area (Å²) < 4.78 is 0. The smallest absolute Gasteiger partial charge is 0.224 e. The Kier molecular flexibility index (Phi) is 6.70. The highest BCUT2D eigenvalue weighted by atomic mass is 32.2. The zero-order valence-corrected chi connectivity index (χ0v) is 14.8. The molecule has 122 valence electrons. The van der Waals surface area contributed by atoms with Gasteiger partial charge in [-0.15, -0.1) is 11.3 Å². The van der Waals surface area contributed by atoms with Crippen molar-refractivity contribution in [3.8, 4) is 0 Å². The predicted molar refractivity (Wildman–Crippen MR) is 91.0 cm³/mol. The summed E-state index contributed by atoms with van der Waals surface area (Å²) in [7, 11) is 0. The van der Waals surface area contributed by atoms with Crippen molar-refractivity contribution in [2.45, 2.75) is 31.9 Å². The first-order chi connectivity index (χ1) is 10.6. The van der Waals surface area contributed by atoms with Crippen molar-refractivity contribution in [1.82, 2.24) is 15.2 Å². The van der Waals surface area contributed by atoms with E-state index in [0.29, 0.717) is 13.1 Å². The van der Waals surface area contributed by atoms with Crippen LogP contribution < -0.4 is 5.32 Å². The number of piperidine rings is 1. The van der Waals surface area contributed by atoms with Gasteiger partial charge in [0.1, 0.15) is 5.01 Å². The molecule has 22 heavy (non-hydrogen) atoms. The van der Waals surface area contributed by atoms with Gasteiger partial charge >= 0.3 is 0 Å². The van der Waals surface area contributed by atoms with E-state index < -0.39 is 0 Å². The van der Waals surface area contributed by atoms with Gasteiger partial charge in [-0.25, -0.2) is 4.98 Å². The molecule has 0 radical (unpaired) electrons. The number of nitrogens with zero attached hydrogens (tertiary/aromatic N) is 2. The number of nitrogens with one attached hydrogen (secondary N) is 1. The van der Waals surface area contributed by atoms with Gasteiger partial charge in [-0.05, 0) is 19.1 Å². The monoisotopic (exact) mass is 341 g/mol. The lowest BCUT2D eigenvalue weighted by Crippen LogP contribution is -2.45. The Morgan fingerprint density at radius 3 is 3.09 bits per heavy atom. The van der Waals surface area contributed by atoms with Crippen LogP contribution in [-0.4, -0.2) is 47.6 Å². The maximum Gasteiger partial charge on any atom is 0.224 e. The Labute approximate surface area is 139 Å². The third kappa shape index (κ3) is 4.98. The zero-order chi connectivity index (χ0) is 15.9.